The van der Waals surface area contributed by atoms with Gasteiger partial charge in [0.05, 0.1) is 45.7 Å². The Labute approximate surface area is 180 Å². The normalized spacial score (nSPS) is 30.7. The maximum absolute atomic E-state index is 10.2. The average molecular weight is 420 g/mol. The third kappa shape index (κ3) is 4.53. The van der Waals surface area contributed by atoms with Crippen molar-refractivity contribution in [3.8, 4) is 5.75 Å². The molecule has 1 saturated carbocycles. The number of methoxy groups -OCH3 is 1. The van der Waals surface area contributed by atoms with Crippen LogP contribution in [0.2, 0.25) is 0 Å². The van der Waals surface area contributed by atoms with Gasteiger partial charge in [0.1, 0.15) is 5.75 Å². The Morgan fingerprint density at radius 2 is 1.83 bits per heavy atom. The fourth-order valence-corrected chi connectivity index (χ4v) is 6.05. The fourth-order valence-electron chi connectivity index (χ4n) is 6.05. The first-order chi connectivity index (χ1) is 14.6. The van der Waals surface area contributed by atoms with Crippen molar-refractivity contribution in [2.45, 2.75) is 49.7 Å². The smallest absolute Gasteiger partial charge is 0.115 e. The van der Waals surface area contributed by atoms with Crippen LogP contribution in [0.5, 0.6) is 5.75 Å². The van der Waals surface area contributed by atoms with Crippen LogP contribution >= 0.6 is 0 Å². The number of fused-ring (bicyclic) bond motifs is 1. The zero-order valence-corrected chi connectivity index (χ0v) is 18.5. The maximum atomic E-state index is 10.2. The van der Waals surface area contributed by atoms with Crippen molar-refractivity contribution in [2.24, 2.45) is 5.92 Å². The van der Waals surface area contributed by atoms with E-state index in [0.29, 0.717) is 57.4 Å². The zero-order chi connectivity index (χ0) is 21.0. The molecule has 6 heteroatoms. The van der Waals surface area contributed by atoms with Crippen molar-refractivity contribution in [3.63, 3.8) is 0 Å². The Hall–Kier alpha value is -1.18. The summed E-state index contributed by atoms with van der Waals surface area (Å²) < 4.78 is 22.3. The lowest BCUT2D eigenvalue weighted by Gasteiger charge is -2.59. The summed E-state index contributed by atoms with van der Waals surface area (Å²) in [6, 6.07) is 6.64. The molecule has 1 aliphatic heterocycles. The second-order valence-electron chi connectivity index (χ2n) is 9.10. The second kappa shape index (κ2) is 9.96. The Bertz CT molecular complexity index is 698. The summed E-state index contributed by atoms with van der Waals surface area (Å²) in [5, 5.41) is 10.2. The van der Waals surface area contributed by atoms with E-state index in [-0.39, 0.29) is 11.5 Å². The first kappa shape index (κ1) is 22.0. The van der Waals surface area contributed by atoms with Gasteiger partial charge in [-0.05, 0) is 74.9 Å². The molecule has 1 unspecified atom stereocenters. The van der Waals surface area contributed by atoms with Crippen LogP contribution in [0, 0.1) is 5.92 Å². The highest BCUT2D eigenvalue weighted by molar-refractivity contribution is 5.45. The SMILES string of the molecule is COCCOCCOCCO[C@@H]1CCC2[C@H]3Cc4ccc(O)cc4[C@@]2(CCN3C)C1. The van der Waals surface area contributed by atoms with Crippen molar-refractivity contribution in [2.75, 3.05) is 60.3 Å². The monoisotopic (exact) mass is 419 g/mol. The summed E-state index contributed by atoms with van der Waals surface area (Å²) in [7, 11) is 3.95. The van der Waals surface area contributed by atoms with Crippen molar-refractivity contribution < 1.29 is 24.1 Å². The summed E-state index contributed by atoms with van der Waals surface area (Å²) in [5.41, 5.74) is 2.94. The van der Waals surface area contributed by atoms with Gasteiger partial charge in [0.25, 0.3) is 0 Å². The molecular formula is C24H37NO5. The van der Waals surface area contributed by atoms with E-state index < -0.39 is 0 Å². The van der Waals surface area contributed by atoms with E-state index in [1.165, 1.54) is 17.5 Å². The standard InChI is InChI=1S/C24H37NO5/c1-25-8-7-24-17-20(30-14-13-29-12-11-28-10-9-27-2)5-6-21(24)23(25)15-18-3-4-19(26)16-22(18)24/h3-4,16,20-21,23,26H,5-15,17H2,1-2H3/t20-,21?,23-,24+/m1/s1. The minimum Gasteiger partial charge on any atom is -0.508 e. The molecule has 1 aromatic carbocycles. The summed E-state index contributed by atoms with van der Waals surface area (Å²) in [4.78, 5) is 2.56. The van der Waals surface area contributed by atoms with E-state index in [2.05, 4.69) is 18.0 Å². The number of aromatic hydroxyl groups is 1. The highest BCUT2D eigenvalue weighted by Gasteiger charge is 2.55. The molecule has 1 aromatic rings. The van der Waals surface area contributed by atoms with Crippen molar-refractivity contribution in [1.29, 1.82) is 0 Å². The van der Waals surface area contributed by atoms with Crippen LogP contribution in [-0.4, -0.2) is 82.5 Å². The molecule has 1 N–H and O–H groups in total. The number of nitrogens with zero attached hydrogens (tertiary/aromatic N) is 1. The van der Waals surface area contributed by atoms with Crippen molar-refractivity contribution in [1.82, 2.24) is 4.90 Å². The van der Waals surface area contributed by atoms with Crippen LogP contribution in [0.1, 0.15) is 36.8 Å². The van der Waals surface area contributed by atoms with Gasteiger partial charge < -0.3 is 29.0 Å². The lowest BCUT2D eigenvalue weighted by Crippen LogP contribution is -2.61. The average Bonchev–Trinajstić information content (AvgIpc) is 2.75. The predicted octanol–water partition coefficient (Wildman–Crippen LogP) is 2.76. The molecule has 2 aliphatic carbocycles. The summed E-state index contributed by atoms with van der Waals surface area (Å²) >= 11 is 0. The third-order valence-corrected chi connectivity index (χ3v) is 7.49. The van der Waals surface area contributed by atoms with Crippen molar-refractivity contribution in [3.05, 3.63) is 29.3 Å². The van der Waals surface area contributed by atoms with Crippen LogP contribution in [0.3, 0.4) is 0 Å². The molecule has 1 saturated heterocycles. The molecule has 2 fully saturated rings. The zero-order valence-electron chi connectivity index (χ0n) is 18.5. The lowest BCUT2D eigenvalue weighted by molar-refractivity contribution is -0.0771. The third-order valence-electron chi connectivity index (χ3n) is 7.49. The largest absolute Gasteiger partial charge is 0.508 e. The first-order valence-electron chi connectivity index (χ1n) is 11.4. The summed E-state index contributed by atoms with van der Waals surface area (Å²) in [5.74, 6) is 1.05. The van der Waals surface area contributed by atoms with Gasteiger partial charge in [0, 0.05) is 18.6 Å². The molecule has 4 rings (SSSR count). The number of phenolic OH excluding ortho intramolecular Hbond substituents is 1. The van der Waals surface area contributed by atoms with Gasteiger partial charge in [-0.1, -0.05) is 6.07 Å². The molecule has 2 bridgehead atoms. The quantitative estimate of drug-likeness (QED) is 0.589. The van der Waals surface area contributed by atoms with Gasteiger partial charge in [-0.3, -0.25) is 0 Å². The van der Waals surface area contributed by atoms with Gasteiger partial charge >= 0.3 is 0 Å². The lowest BCUT2D eigenvalue weighted by atomic mass is 9.52. The van der Waals surface area contributed by atoms with E-state index in [1.807, 2.05) is 12.1 Å². The second-order valence-corrected chi connectivity index (χ2v) is 9.10. The Kier molecular flexibility index (Phi) is 7.32. The van der Waals surface area contributed by atoms with Crippen LogP contribution in [0.15, 0.2) is 18.2 Å². The highest BCUT2D eigenvalue weighted by atomic mass is 16.6. The van der Waals surface area contributed by atoms with Gasteiger partial charge in [-0.2, -0.15) is 0 Å². The topological polar surface area (TPSA) is 60.4 Å². The molecule has 168 valence electrons. The number of phenols is 1. The Balaban J connectivity index is 1.32. The molecule has 0 spiro atoms. The van der Waals surface area contributed by atoms with Crippen LogP contribution in [0.25, 0.3) is 0 Å². The molecule has 0 amide bonds. The number of likely N-dealkylation sites (N-methyl/N-ethyl adjacent to an activating group) is 1. The molecule has 4 atom stereocenters. The number of hydrogen-bond acceptors (Lipinski definition) is 6. The van der Waals surface area contributed by atoms with E-state index in [0.717, 1.165) is 32.2 Å². The molecular weight excluding hydrogens is 382 g/mol. The van der Waals surface area contributed by atoms with Gasteiger partial charge in [0.2, 0.25) is 0 Å². The molecule has 30 heavy (non-hydrogen) atoms. The fraction of sp³-hybridized carbons (Fsp3) is 0.750. The van der Waals surface area contributed by atoms with Gasteiger partial charge in [-0.25, -0.2) is 0 Å². The number of likely N-dealkylation sites (tertiary alicyclic amines) is 1. The number of hydrogen-bond donors (Lipinski definition) is 1. The Morgan fingerprint density at radius 3 is 2.63 bits per heavy atom. The minimum atomic E-state index is 0.141. The predicted molar refractivity (Wildman–Crippen MR) is 115 cm³/mol. The number of ether oxygens (including phenoxy) is 4. The summed E-state index contributed by atoms with van der Waals surface area (Å²) in [6.07, 6.45) is 5.88. The van der Waals surface area contributed by atoms with E-state index in [9.17, 15) is 5.11 Å². The minimum absolute atomic E-state index is 0.141. The van der Waals surface area contributed by atoms with Crippen LogP contribution in [0.4, 0.5) is 0 Å². The van der Waals surface area contributed by atoms with Crippen LogP contribution < -0.4 is 0 Å². The molecule has 6 nitrogen and oxygen atoms in total. The van der Waals surface area contributed by atoms with Crippen LogP contribution in [-0.2, 0) is 30.8 Å². The molecule has 1 heterocycles. The molecule has 3 aliphatic rings. The maximum Gasteiger partial charge on any atom is 0.115 e. The van der Waals surface area contributed by atoms with Gasteiger partial charge in [-0.15, -0.1) is 0 Å². The molecule has 0 aromatic heterocycles. The number of piperidine rings is 1. The van der Waals surface area contributed by atoms with Crippen molar-refractivity contribution >= 4 is 0 Å². The van der Waals surface area contributed by atoms with E-state index >= 15 is 0 Å². The summed E-state index contributed by atoms with van der Waals surface area (Å²) in [6.45, 7) is 4.75. The number of benzene rings is 1. The number of rotatable bonds is 10. The molecule has 0 radical (unpaired) electrons. The Morgan fingerprint density at radius 1 is 1.07 bits per heavy atom. The highest BCUT2D eigenvalue weighted by Crippen LogP contribution is 2.56. The first-order valence-corrected chi connectivity index (χ1v) is 11.4. The van der Waals surface area contributed by atoms with E-state index in [1.54, 1.807) is 7.11 Å². The van der Waals surface area contributed by atoms with Gasteiger partial charge in [0.15, 0.2) is 0 Å². The van der Waals surface area contributed by atoms with E-state index in [4.69, 9.17) is 18.9 Å².